The maximum atomic E-state index is 12.7. The normalized spacial score (nSPS) is 19.4. The number of halogens is 5. The first-order valence-electron chi connectivity index (χ1n) is 8.72. The molecule has 2 atom stereocenters. The highest BCUT2D eigenvalue weighted by atomic mass is 32.1. The van der Waals surface area contributed by atoms with Crippen LogP contribution < -0.4 is 9.64 Å². The van der Waals surface area contributed by atoms with Crippen molar-refractivity contribution in [3.05, 3.63) is 40.9 Å². The maximum Gasteiger partial charge on any atom is 0.416 e. The third kappa shape index (κ3) is 5.36. The van der Waals surface area contributed by atoms with Gasteiger partial charge in [-0.3, -0.25) is 0 Å². The SMILES string of the molecule is COC(=O)c1cnc(N2C[C@@H](Oc3ccc(C(F)(F)F)cc3)C[C@H]2COC(F)F)s1. The number of nitrogens with zero attached hydrogens (tertiary/aromatic N) is 2. The lowest BCUT2D eigenvalue weighted by molar-refractivity contribution is -0.137. The second-order valence-corrected chi connectivity index (χ2v) is 7.41. The van der Waals surface area contributed by atoms with E-state index in [9.17, 15) is 26.7 Å². The van der Waals surface area contributed by atoms with E-state index in [-0.39, 0.29) is 30.2 Å². The van der Waals surface area contributed by atoms with Crippen LogP contribution in [0.5, 0.6) is 5.75 Å². The second kappa shape index (κ2) is 9.13. The molecule has 0 unspecified atom stereocenters. The number of esters is 1. The van der Waals surface area contributed by atoms with Gasteiger partial charge in [-0.1, -0.05) is 11.3 Å². The van der Waals surface area contributed by atoms with Gasteiger partial charge < -0.3 is 19.1 Å². The Balaban J connectivity index is 1.72. The molecule has 0 bridgehead atoms. The van der Waals surface area contributed by atoms with Crippen molar-refractivity contribution in [2.75, 3.05) is 25.2 Å². The largest absolute Gasteiger partial charge is 0.489 e. The standard InChI is InChI=1S/C18H17F5N2O4S/c1-27-15(26)14-7-24-17(30-14)25-8-13(6-11(25)9-28-16(19)20)29-12-4-2-10(3-5-12)18(21,22)23/h2-5,7,11,13,16H,6,8-9H2,1H3/t11-,13-/m0/s1. The number of rotatable bonds is 7. The molecule has 1 fully saturated rings. The van der Waals surface area contributed by atoms with Gasteiger partial charge in [0, 0.05) is 6.42 Å². The molecule has 0 radical (unpaired) electrons. The summed E-state index contributed by atoms with van der Waals surface area (Å²) in [5.74, 6) is -0.353. The van der Waals surface area contributed by atoms with Crippen LogP contribution in [0.2, 0.25) is 0 Å². The molecule has 0 aliphatic carbocycles. The highest BCUT2D eigenvalue weighted by Gasteiger charge is 2.36. The number of thiazole rings is 1. The van der Waals surface area contributed by atoms with E-state index in [0.29, 0.717) is 5.13 Å². The van der Waals surface area contributed by atoms with Crippen molar-refractivity contribution in [3.8, 4) is 5.75 Å². The minimum atomic E-state index is -4.46. The van der Waals surface area contributed by atoms with Crippen LogP contribution in [0.4, 0.5) is 27.1 Å². The van der Waals surface area contributed by atoms with Gasteiger partial charge in [-0.2, -0.15) is 22.0 Å². The van der Waals surface area contributed by atoms with Crippen LogP contribution in [0.3, 0.4) is 0 Å². The first-order valence-corrected chi connectivity index (χ1v) is 9.53. The van der Waals surface area contributed by atoms with Crippen molar-refractivity contribution in [1.82, 2.24) is 4.98 Å². The summed E-state index contributed by atoms with van der Waals surface area (Å²) in [5, 5.41) is 0.400. The van der Waals surface area contributed by atoms with Crippen LogP contribution in [0.25, 0.3) is 0 Å². The number of hydrogen-bond donors (Lipinski definition) is 0. The molecule has 1 aromatic carbocycles. The minimum Gasteiger partial charge on any atom is -0.489 e. The second-order valence-electron chi connectivity index (χ2n) is 6.40. The highest BCUT2D eigenvalue weighted by molar-refractivity contribution is 7.17. The van der Waals surface area contributed by atoms with Gasteiger partial charge in [0.05, 0.1) is 38.1 Å². The zero-order valence-electron chi connectivity index (χ0n) is 15.6. The van der Waals surface area contributed by atoms with E-state index in [0.717, 1.165) is 23.5 Å². The molecule has 1 aliphatic rings. The molecule has 0 saturated carbocycles. The Bertz CT molecular complexity index is 859. The molecule has 0 N–H and O–H groups in total. The fourth-order valence-corrected chi connectivity index (χ4v) is 3.96. The van der Waals surface area contributed by atoms with E-state index in [1.54, 1.807) is 4.90 Å². The summed E-state index contributed by atoms with van der Waals surface area (Å²) < 4.78 is 77.9. The Kier molecular flexibility index (Phi) is 6.76. The zero-order valence-corrected chi connectivity index (χ0v) is 16.4. The number of carbonyl (C=O) groups is 1. The lowest BCUT2D eigenvalue weighted by Gasteiger charge is -2.23. The van der Waals surface area contributed by atoms with Crippen molar-refractivity contribution in [1.29, 1.82) is 0 Å². The van der Waals surface area contributed by atoms with E-state index in [4.69, 9.17) is 4.74 Å². The Morgan fingerprint density at radius 3 is 2.60 bits per heavy atom. The van der Waals surface area contributed by atoms with Crippen molar-refractivity contribution < 1.29 is 41.0 Å². The third-order valence-corrected chi connectivity index (χ3v) is 5.42. The van der Waals surface area contributed by atoms with E-state index in [1.807, 2.05) is 0 Å². The van der Waals surface area contributed by atoms with Crippen LogP contribution in [0, 0.1) is 0 Å². The van der Waals surface area contributed by atoms with E-state index < -0.39 is 36.5 Å². The summed E-state index contributed by atoms with van der Waals surface area (Å²) in [6.45, 7) is -3.03. The zero-order chi connectivity index (χ0) is 21.9. The smallest absolute Gasteiger partial charge is 0.416 e. The molecule has 3 rings (SSSR count). The van der Waals surface area contributed by atoms with E-state index in [2.05, 4.69) is 14.5 Å². The van der Waals surface area contributed by atoms with Gasteiger partial charge in [0.15, 0.2) is 5.13 Å². The Labute approximate surface area is 172 Å². The summed E-state index contributed by atoms with van der Waals surface area (Å²) in [5.41, 5.74) is -0.802. The van der Waals surface area contributed by atoms with Gasteiger partial charge in [0.25, 0.3) is 0 Å². The number of benzene rings is 1. The molecule has 0 amide bonds. The average Bonchev–Trinajstić information content (AvgIpc) is 3.32. The number of ether oxygens (including phenoxy) is 3. The molecule has 1 saturated heterocycles. The third-order valence-electron chi connectivity index (χ3n) is 4.40. The van der Waals surface area contributed by atoms with Crippen molar-refractivity contribution in [2.24, 2.45) is 0 Å². The highest BCUT2D eigenvalue weighted by Crippen LogP contribution is 2.34. The van der Waals surface area contributed by atoms with Crippen molar-refractivity contribution >= 4 is 22.4 Å². The molecule has 6 nitrogen and oxygen atoms in total. The predicted octanol–water partition coefficient (Wildman–Crippen LogP) is 4.21. The van der Waals surface area contributed by atoms with Crippen LogP contribution >= 0.6 is 11.3 Å². The number of methoxy groups -OCH3 is 1. The van der Waals surface area contributed by atoms with Gasteiger partial charge >= 0.3 is 18.8 Å². The van der Waals surface area contributed by atoms with E-state index in [1.165, 1.54) is 25.4 Å². The molecule has 12 heteroatoms. The van der Waals surface area contributed by atoms with Gasteiger partial charge in [0.2, 0.25) is 0 Å². The summed E-state index contributed by atoms with van der Waals surface area (Å²) in [4.78, 5) is 17.7. The number of hydrogen-bond acceptors (Lipinski definition) is 7. The Morgan fingerprint density at radius 1 is 1.30 bits per heavy atom. The fraction of sp³-hybridized carbons (Fsp3) is 0.444. The predicted molar refractivity (Wildman–Crippen MR) is 97.0 cm³/mol. The number of alkyl halides is 5. The van der Waals surface area contributed by atoms with Crippen molar-refractivity contribution in [3.63, 3.8) is 0 Å². The number of anilines is 1. The van der Waals surface area contributed by atoms with Crippen molar-refractivity contribution in [2.45, 2.75) is 31.4 Å². The molecule has 30 heavy (non-hydrogen) atoms. The molecular weight excluding hydrogens is 435 g/mol. The van der Waals surface area contributed by atoms with Crippen LogP contribution in [0.15, 0.2) is 30.5 Å². The Morgan fingerprint density at radius 2 is 2.00 bits per heavy atom. The number of carbonyl (C=O) groups excluding carboxylic acids is 1. The quantitative estimate of drug-likeness (QED) is 0.463. The topological polar surface area (TPSA) is 60.9 Å². The molecule has 164 valence electrons. The monoisotopic (exact) mass is 452 g/mol. The maximum absolute atomic E-state index is 12.7. The van der Waals surface area contributed by atoms with Gasteiger partial charge in [-0.05, 0) is 24.3 Å². The molecule has 1 aromatic heterocycles. The first kappa shape index (κ1) is 22.2. The van der Waals surface area contributed by atoms with Crippen LogP contribution in [-0.4, -0.2) is 50.0 Å². The molecule has 0 spiro atoms. The van der Waals surface area contributed by atoms with Crippen LogP contribution in [-0.2, 0) is 15.7 Å². The lowest BCUT2D eigenvalue weighted by Crippen LogP contribution is -2.34. The van der Waals surface area contributed by atoms with Gasteiger partial charge in [-0.25, -0.2) is 9.78 Å². The summed E-state index contributed by atoms with van der Waals surface area (Å²) >= 11 is 1.03. The minimum absolute atomic E-state index is 0.220. The Hall–Kier alpha value is -2.47. The van der Waals surface area contributed by atoms with Gasteiger partial charge in [-0.15, -0.1) is 0 Å². The van der Waals surface area contributed by atoms with E-state index >= 15 is 0 Å². The summed E-state index contributed by atoms with van der Waals surface area (Å²) in [7, 11) is 1.23. The molecular formula is C18H17F5N2O4S. The fourth-order valence-electron chi connectivity index (χ4n) is 3.04. The molecule has 2 aromatic rings. The summed E-state index contributed by atoms with van der Waals surface area (Å²) in [6, 6.07) is 3.70. The first-order chi connectivity index (χ1) is 14.2. The number of aromatic nitrogens is 1. The molecule has 2 heterocycles. The summed E-state index contributed by atoms with van der Waals surface area (Å²) in [6.07, 6.45) is -3.36. The molecule has 1 aliphatic heterocycles. The lowest BCUT2D eigenvalue weighted by atomic mass is 10.2. The van der Waals surface area contributed by atoms with Crippen LogP contribution in [0.1, 0.15) is 21.7 Å². The van der Waals surface area contributed by atoms with Gasteiger partial charge in [0.1, 0.15) is 16.7 Å². The average molecular weight is 452 g/mol.